The van der Waals surface area contributed by atoms with E-state index in [9.17, 15) is 9.90 Å². The van der Waals surface area contributed by atoms with E-state index in [-0.39, 0.29) is 30.5 Å². The van der Waals surface area contributed by atoms with Gasteiger partial charge in [0, 0.05) is 36.7 Å². The zero-order chi connectivity index (χ0) is 13.7. The number of thioether (sulfide) groups is 2. The average Bonchev–Trinajstić information content (AvgIpc) is 2.45. The maximum Gasteiger partial charge on any atom is 0.146 e. The summed E-state index contributed by atoms with van der Waals surface area (Å²) in [4.78, 5) is 12.0. The van der Waals surface area contributed by atoms with Crippen LogP contribution in [-0.4, -0.2) is 60.0 Å². The molecule has 0 radical (unpaired) electrons. The molecule has 0 aliphatic carbocycles. The highest BCUT2D eigenvalue weighted by atomic mass is 32.2. The SMILES string of the molecule is COCO[C@@H]1CCSC[C@@H]1[C@@H](O)[C@@H]1CSCCC1=O. The van der Waals surface area contributed by atoms with E-state index >= 15 is 0 Å². The minimum Gasteiger partial charge on any atom is -0.392 e. The molecule has 0 spiro atoms. The molecule has 19 heavy (non-hydrogen) atoms. The molecule has 0 saturated carbocycles. The first-order chi connectivity index (χ1) is 9.24. The zero-order valence-corrected chi connectivity index (χ0v) is 12.9. The molecule has 0 aromatic carbocycles. The Labute approximate surface area is 123 Å². The Morgan fingerprint density at radius 1 is 1.37 bits per heavy atom. The summed E-state index contributed by atoms with van der Waals surface area (Å²) >= 11 is 3.60. The first-order valence-electron chi connectivity index (χ1n) is 6.71. The van der Waals surface area contributed by atoms with Crippen molar-refractivity contribution < 1.29 is 19.4 Å². The van der Waals surface area contributed by atoms with E-state index < -0.39 is 6.10 Å². The van der Waals surface area contributed by atoms with Crippen LogP contribution in [0.15, 0.2) is 0 Å². The molecule has 0 unspecified atom stereocenters. The van der Waals surface area contributed by atoms with E-state index in [1.165, 1.54) is 0 Å². The predicted octanol–water partition coefficient (Wildman–Crippen LogP) is 1.41. The molecular formula is C13H22O4S2. The lowest BCUT2D eigenvalue weighted by molar-refractivity contribution is -0.133. The van der Waals surface area contributed by atoms with Crippen LogP contribution in [0.4, 0.5) is 0 Å². The third-order valence-electron chi connectivity index (χ3n) is 3.79. The molecule has 0 aromatic heterocycles. The molecule has 2 heterocycles. The summed E-state index contributed by atoms with van der Waals surface area (Å²) in [6, 6.07) is 0. The number of hydrogen-bond acceptors (Lipinski definition) is 6. The number of carbonyl (C=O) groups excluding carboxylic acids is 1. The number of aliphatic hydroxyl groups is 1. The summed E-state index contributed by atoms with van der Waals surface area (Å²) in [5.74, 6) is 3.60. The van der Waals surface area contributed by atoms with Crippen molar-refractivity contribution in [2.24, 2.45) is 11.8 Å². The monoisotopic (exact) mass is 306 g/mol. The van der Waals surface area contributed by atoms with Crippen LogP contribution in [0.2, 0.25) is 0 Å². The number of carbonyl (C=O) groups is 1. The molecule has 1 N–H and O–H groups in total. The van der Waals surface area contributed by atoms with Gasteiger partial charge in [-0.05, 0) is 12.2 Å². The molecule has 2 aliphatic heterocycles. The minimum atomic E-state index is -0.574. The molecule has 6 heteroatoms. The number of rotatable bonds is 5. The summed E-state index contributed by atoms with van der Waals surface area (Å²) in [5.41, 5.74) is 0. The lowest BCUT2D eigenvalue weighted by atomic mass is 9.84. The van der Waals surface area contributed by atoms with Crippen molar-refractivity contribution in [2.75, 3.05) is 36.9 Å². The molecule has 0 aromatic rings. The highest BCUT2D eigenvalue weighted by Gasteiger charge is 2.39. The number of methoxy groups -OCH3 is 1. The van der Waals surface area contributed by atoms with E-state index in [0.29, 0.717) is 6.42 Å². The Hall–Kier alpha value is 0.250. The lowest BCUT2D eigenvalue weighted by Crippen LogP contribution is -2.46. The molecule has 2 aliphatic rings. The average molecular weight is 306 g/mol. The Bertz CT molecular complexity index is 300. The number of ketones is 1. The summed E-state index contributed by atoms with van der Waals surface area (Å²) in [5, 5.41) is 10.6. The van der Waals surface area contributed by atoms with E-state index in [4.69, 9.17) is 9.47 Å². The quantitative estimate of drug-likeness (QED) is 0.775. The van der Waals surface area contributed by atoms with Gasteiger partial charge in [0.05, 0.1) is 18.1 Å². The van der Waals surface area contributed by atoms with Crippen molar-refractivity contribution >= 4 is 29.3 Å². The van der Waals surface area contributed by atoms with Gasteiger partial charge in [-0.2, -0.15) is 23.5 Å². The fourth-order valence-electron chi connectivity index (χ4n) is 2.67. The van der Waals surface area contributed by atoms with Gasteiger partial charge in [-0.25, -0.2) is 0 Å². The molecule has 2 fully saturated rings. The first-order valence-corrected chi connectivity index (χ1v) is 9.01. The van der Waals surface area contributed by atoms with Gasteiger partial charge in [-0.1, -0.05) is 0 Å². The van der Waals surface area contributed by atoms with Crippen LogP contribution in [0.1, 0.15) is 12.8 Å². The van der Waals surface area contributed by atoms with Crippen molar-refractivity contribution in [2.45, 2.75) is 25.0 Å². The van der Waals surface area contributed by atoms with E-state index in [1.807, 2.05) is 11.8 Å². The molecule has 4 atom stereocenters. The predicted molar refractivity (Wildman–Crippen MR) is 78.6 cm³/mol. The Balaban J connectivity index is 1.97. The van der Waals surface area contributed by atoms with E-state index in [2.05, 4.69) is 0 Å². The van der Waals surface area contributed by atoms with Gasteiger partial charge in [0.2, 0.25) is 0 Å². The van der Waals surface area contributed by atoms with E-state index in [0.717, 1.165) is 29.4 Å². The van der Waals surface area contributed by atoms with Crippen LogP contribution < -0.4 is 0 Å². The van der Waals surface area contributed by atoms with Gasteiger partial charge < -0.3 is 14.6 Å². The third kappa shape index (κ3) is 4.11. The zero-order valence-electron chi connectivity index (χ0n) is 11.2. The highest BCUT2D eigenvalue weighted by molar-refractivity contribution is 7.99. The number of ether oxygens (including phenoxy) is 2. The molecule has 110 valence electrons. The van der Waals surface area contributed by atoms with Gasteiger partial charge in [-0.15, -0.1) is 0 Å². The van der Waals surface area contributed by atoms with Crippen LogP contribution in [0.3, 0.4) is 0 Å². The summed E-state index contributed by atoms with van der Waals surface area (Å²) in [6.07, 6.45) is 0.950. The molecule has 2 saturated heterocycles. The minimum absolute atomic E-state index is 0.0101. The maximum absolute atomic E-state index is 12.0. The van der Waals surface area contributed by atoms with Crippen molar-refractivity contribution in [1.82, 2.24) is 0 Å². The van der Waals surface area contributed by atoms with Crippen molar-refractivity contribution in [3.05, 3.63) is 0 Å². The Morgan fingerprint density at radius 2 is 2.16 bits per heavy atom. The fourth-order valence-corrected chi connectivity index (χ4v) is 5.07. The number of aliphatic hydroxyl groups excluding tert-OH is 1. The normalized spacial score (nSPS) is 34.2. The van der Waals surface area contributed by atoms with Gasteiger partial charge in [0.1, 0.15) is 12.6 Å². The second-order valence-corrected chi connectivity index (χ2v) is 7.33. The number of Topliss-reactive ketones (excluding diaryl/α,β-unsaturated/α-hetero) is 1. The topological polar surface area (TPSA) is 55.8 Å². The maximum atomic E-state index is 12.0. The molecule has 2 rings (SSSR count). The van der Waals surface area contributed by atoms with Gasteiger partial charge in [0.15, 0.2) is 0 Å². The van der Waals surface area contributed by atoms with Crippen molar-refractivity contribution in [3.8, 4) is 0 Å². The molecule has 0 amide bonds. The summed E-state index contributed by atoms with van der Waals surface area (Å²) < 4.78 is 10.6. The van der Waals surface area contributed by atoms with Gasteiger partial charge >= 0.3 is 0 Å². The first kappa shape index (κ1) is 15.6. The standard InChI is InChI=1S/C13H22O4S2/c1-16-8-17-12-3-5-19-7-10(12)13(15)9-6-18-4-2-11(9)14/h9-10,12-13,15H,2-8H2,1H3/t9-,10+,12-,13+/m1/s1. The van der Waals surface area contributed by atoms with Crippen LogP contribution in [0.25, 0.3) is 0 Å². The van der Waals surface area contributed by atoms with Crippen LogP contribution in [0, 0.1) is 11.8 Å². The lowest BCUT2D eigenvalue weighted by Gasteiger charge is -2.37. The molecule has 0 bridgehead atoms. The fraction of sp³-hybridized carbons (Fsp3) is 0.923. The van der Waals surface area contributed by atoms with Crippen molar-refractivity contribution in [3.63, 3.8) is 0 Å². The Morgan fingerprint density at radius 3 is 2.89 bits per heavy atom. The summed E-state index contributed by atoms with van der Waals surface area (Å²) in [7, 11) is 1.60. The van der Waals surface area contributed by atoms with Crippen LogP contribution >= 0.6 is 23.5 Å². The highest BCUT2D eigenvalue weighted by Crippen LogP contribution is 2.34. The summed E-state index contributed by atoms with van der Waals surface area (Å²) in [6.45, 7) is 0.256. The van der Waals surface area contributed by atoms with Gasteiger partial charge in [-0.3, -0.25) is 4.79 Å². The second kappa shape index (κ2) is 7.88. The number of hydrogen-bond donors (Lipinski definition) is 1. The van der Waals surface area contributed by atoms with Gasteiger partial charge in [0.25, 0.3) is 0 Å². The smallest absolute Gasteiger partial charge is 0.146 e. The molecule has 4 nitrogen and oxygen atoms in total. The van der Waals surface area contributed by atoms with Crippen molar-refractivity contribution in [1.29, 1.82) is 0 Å². The Kier molecular flexibility index (Phi) is 6.49. The van der Waals surface area contributed by atoms with Crippen LogP contribution in [0.5, 0.6) is 0 Å². The van der Waals surface area contributed by atoms with Crippen LogP contribution in [-0.2, 0) is 14.3 Å². The largest absolute Gasteiger partial charge is 0.392 e. The second-order valence-electron chi connectivity index (χ2n) is 5.03. The third-order valence-corrected chi connectivity index (χ3v) is 6.02. The molecular weight excluding hydrogens is 284 g/mol. The van der Waals surface area contributed by atoms with E-state index in [1.54, 1.807) is 18.9 Å².